The Balaban J connectivity index is 4.78. The molecule has 0 aromatic rings. The number of esters is 2. The molecule has 6 nitrogen and oxygen atoms in total. The number of rotatable bonds is 6. The molecule has 0 unspecified atom stereocenters. The maximum absolute atomic E-state index is 11.2. The van der Waals surface area contributed by atoms with Gasteiger partial charge >= 0.3 is 17.9 Å². The van der Waals surface area contributed by atoms with Crippen LogP contribution < -0.4 is 0 Å². The Bertz CT molecular complexity index is 316. The van der Waals surface area contributed by atoms with Crippen LogP contribution in [0.15, 0.2) is 24.3 Å². The van der Waals surface area contributed by atoms with Crippen LogP contribution in [-0.4, -0.2) is 34.7 Å². The van der Waals surface area contributed by atoms with Crippen molar-refractivity contribution < 1.29 is 29.3 Å². The van der Waals surface area contributed by atoms with Gasteiger partial charge in [-0.1, -0.05) is 13.2 Å². The monoisotopic (exact) mass is 244 g/mol. The SMILES string of the molecule is C=C(C)C(=O)OC(O)(CCO)OC(=O)C(=C)C. The van der Waals surface area contributed by atoms with Gasteiger partial charge in [0.1, 0.15) is 0 Å². The van der Waals surface area contributed by atoms with E-state index in [9.17, 15) is 14.7 Å². The van der Waals surface area contributed by atoms with Crippen molar-refractivity contribution in [3.8, 4) is 0 Å². The number of carbonyl (C=O) groups is 2. The second-order valence-corrected chi connectivity index (χ2v) is 3.53. The van der Waals surface area contributed by atoms with Gasteiger partial charge in [0.25, 0.3) is 0 Å². The van der Waals surface area contributed by atoms with Crippen LogP contribution in [0.25, 0.3) is 0 Å². The van der Waals surface area contributed by atoms with E-state index in [1.807, 2.05) is 0 Å². The Morgan fingerprint density at radius 3 is 1.71 bits per heavy atom. The summed E-state index contributed by atoms with van der Waals surface area (Å²) in [5, 5.41) is 18.4. The first-order valence-corrected chi connectivity index (χ1v) is 4.83. The topological polar surface area (TPSA) is 93.1 Å². The molecular weight excluding hydrogens is 228 g/mol. The van der Waals surface area contributed by atoms with Crippen LogP contribution in [0.3, 0.4) is 0 Å². The molecule has 0 amide bonds. The summed E-state index contributed by atoms with van der Waals surface area (Å²) in [5.41, 5.74) is 0.0421. The van der Waals surface area contributed by atoms with E-state index in [1.165, 1.54) is 13.8 Å². The van der Waals surface area contributed by atoms with Gasteiger partial charge in [0, 0.05) is 11.1 Å². The predicted molar refractivity (Wildman–Crippen MR) is 58.5 cm³/mol. The van der Waals surface area contributed by atoms with Crippen LogP contribution in [0.1, 0.15) is 20.3 Å². The zero-order valence-electron chi connectivity index (χ0n) is 9.86. The molecule has 96 valence electrons. The molecule has 0 atom stereocenters. The average Bonchev–Trinajstić information content (AvgIpc) is 2.16. The van der Waals surface area contributed by atoms with Crippen LogP contribution >= 0.6 is 0 Å². The second kappa shape index (κ2) is 6.17. The summed E-state index contributed by atoms with van der Waals surface area (Å²) in [5.74, 6) is -4.38. The normalized spacial score (nSPS) is 10.6. The Kier molecular flexibility index (Phi) is 5.57. The number of aliphatic hydroxyl groups excluding tert-OH is 1. The molecule has 6 heteroatoms. The number of aliphatic hydroxyl groups is 2. The van der Waals surface area contributed by atoms with Gasteiger partial charge in [0.15, 0.2) is 0 Å². The van der Waals surface area contributed by atoms with Crippen molar-refractivity contribution >= 4 is 11.9 Å². The zero-order chi connectivity index (χ0) is 13.6. The highest BCUT2D eigenvalue weighted by atomic mass is 16.8. The standard InChI is InChI=1S/C11H16O6/c1-7(2)9(13)16-11(15,5-6-12)17-10(14)8(3)4/h12,15H,1,3,5-6H2,2,4H3. The fraction of sp³-hybridized carbons (Fsp3) is 0.455. The van der Waals surface area contributed by atoms with Crippen LogP contribution in [0.5, 0.6) is 0 Å². The zero-order valence-corrected chi connectivity index (χ0v) is 9.86. The summed E-state index contributed by atoms with van der Waals surface area (Å²) in [6.45, 7) is 8.80. The molecule has 0 heterocycles. The molecule has 0 rings (SSSR count). The molecule has 0 aliphatic carbocycles. The molecular formula is C11H16O6. The highest BCUT2D eigenvalue weighted by molar-refractivity contribution is 5.88. The third-order valence-corrected chi connectivity index (χ3v) is 1.63. The summed E-state index contributed by atoms with van der Waals surface area (Å²) >= 11 is 0. The predicted octanol–water partition coefficient (Wildman–Crippen LogP) is 0.253. The highest BCUT2D eigenvalue weighted by Crippen LogP contribution is 2.17. The van der Waals surface area contributed by atoms with E-state index in [0.29, 0.717) is 0 Å². The minimum absolute atomic E-state index is 0.0211. The van der Waals surface area contributed by atoms with Gasteiger partial charge in [-0.25, -0.2) is 9.59 Å². The number of hydrogen-bond donors (Lipinski definition) is 2. The van der Waals surface area contributed by atoms with Gasteiger partial charge < -0.3 is 19.7 Å². The molecule has 0 spiro atoms. The van der Waals surface area contributed by atoms with Crippen molar-refractivity contribution in [3.05, 3.63) is 24.3 Å². The Labute approximate surface area is 99.1 Å². The molecule has 0 radical (unpaired) electrons. The Morgan fingerprint density at radius 2 is 1.47 bits per heavy atom. The van der Waals surface area contributed by atoms with Crippen LogP contribution in [0.2, 0.25) is 0 Å². The maximum atomic E-state index is 11.2. The first-order chi connectivity index (χ1) is 7.72. The van der Waals surface area contributed by atoms with E-state index in [4.69, 9.17) is 5.11 Å². The molecule has 0 saturated heterocycles. The summed E-state index contributed by atoms with van der Waals surface area (Å²) < 4.78 is 9.07. The van der Waals surface area contributed by atoms with Crippen LogP contribution in [0.4, 0.5) is 0 Å². The minimum Gasteiger partial charge on any atom is -0.396 e. The lowest BCUT2D eigenvalue weighted by Gasteiger charge is -2.26. The molecule has 0 aromatic heterocycles. The summed E-state index contributed by atoms with van der Waals surface area (Å²) in [4.78, 5) is 22.4. The highest BCUT2D eigenvalue weighted by Gasteiger charge is 2.36. The number of ether oxygens (including phenoxy) is 2. The van der Waals surface area contributed by atoms with Crippen molar-refractivity contribution in [2.24, 2.45) is 0 Å². The fourth-order valence-electron chi connectivity index (χ4n) is 0.728. The lowest BCUT2D eigenvalue weighted by Crippen LogP contribution is -2.41. The molecule has 0 fully saturated rings. The quantitative estimate of drug-likeness (QED) is 0.395. The smallest absolute Gasteiger partial charge is 0.375 e. The Morgan fingerprint density at radius 1 is 1.12 bits per heavy atom. The van der Waals surface area contributed by atoms with Gasteiger partial charge in [0.05, 0.1) is 13.0 Å². The molecule has 0 bridgehead atoms. The number of carbonyl (C=O) groups excluding carboxylic acids is 2. The van der Waals surface area contributed by atoms with Crippen molar-refractivity contribution in [1.29, 1.82) is 0 Å². The molecule has 0 saturated carbocycles. The minimum atomic E-state index is -2.51. The molecule has 2 N–H and O–H groups in total. The third-order valence-electron chi connectivity index (χ3n) is 1.63. The fourth-order valence-corrected chi connectivity index (χ4v) is 0.728. The maximum Gasteiger partial charge on any atom is 0.375 e. The Hall–Kier alpha value is -1.66. The average molecular weight is 244 g/mol. The first-order valence-electron chi connectivity index (χ1n) is 4.83. The summed E-state index contributed by atoms with van der Waals surface area (Å²) in [6, 6.07) is 0. The van der Waals surface area contributed by atoms with E-state index < -0.39 is 30.9 Å². The summed E-state index contributed by atoms with van der Waals surface area (Å²) in [6.07, 6.45) is -0.467. The number of hydrogen-bond acceptors (Lipinski definition) is 6. The lowest BCUT2D eigenvalue weighted by atomic mass is 10.3. The molecule has 0 aliphatic rings. The third kappa shape index (κ3) is 5.28. The van der Waals surface area contributed by atoms with Gasteiger partial charge in [-0.05, 0) is 13.8 Å². The van der Waals surface area contributed by atoms with Crippen molar-refractivity contribution in [1.82, 2.24) is 0 Å². The molecule has 0 aliphatic heterocycles. The van der Waals surface area contributed by atoms with Gasteiger partial charge in [-0.3, -0.25) is 0 Å². The van der Waals surface area contributed by atoms with E-state index in [0.717, 1.165) is 0 Å². The largest absolute Gasteiger partial charge is 0.396 e. The van der Waals surface area contributed by atoms with Crippen molar-refractivity contribution in [2.75, 3.05) is 6.61 Å². The van der Waals surface area contributed by atoms with Crippen LogP contribution in [0, 0.1) is 0 Å². The van der Waals surface area contributed by atoms with Crippen molar-refractivity contribution in [3.63, 3.8) is 0 Å². The molecule has 17 heavy (non-hydrogen) atoms. The molecule has 0 aromatic carbocycles. The van der Waals surface area contributed by atoms with E-state index >= 15 is 0 Å². The first kappa shape index (κ1) is 15.3. The van der Waals surface area contributed by atoms with E-state index in [1.54, 1.807) is 0 Å². The second-order valence-electron chi connectivity index (χ2n) is 3.53. The van der Waals surface area contributed by atoms with Gasteiger partial charge in [0.2, 0.25) is 0 Å². The van der Waals surface area contributed by atoms with Crippen LogP contribution in [-0.2, 0) is 19.1 Å². The lowest BCUT2D eigenvalue weighted by molar-refractivity contribution is -0.326. The van der Waals surface area contributed by atoms with E-state index in [2.05, 4.69) is 22.6 Å². The van der Waals surface area contributed by atoms with Gasteiger partial charge in [-0.15, -0.1) is 0 Å². The summed E-state index contributed by atoms with van der Waals surface area (Å²) in [7, 11) is 0. The van der Waals surface area contributed by atoms with Crippen molar-refractivity contribution in [2.45, 2.75) is 26.2 Å². The van der Waals surface area contributed by atoms with Gasteiger partial charge in [-0.2, -0.15) is 0 Å². The van der Waals surface area contributed by atoms with E-state index in [-0.39, 0.29) is 11.1 Å².